The average molecular weight is 362 g/mol. The Morgan fingerprint density at radius 2 is 1.79 bits per heavy atom. The number of anilines is 1. The summed E-state index contributed by atoms with van der Waals surface area (Å²) in [7, 11) is -3.65. The summed E-state index contributed by atoms with van der Waals surface area (Å²) in [4.78, 5) is 4.28. The van der Waals surface area contributed by atoms with Crippen molar-refractivity contribution in [1.82, 2.24) is 4.98 Å². The Morgan fingerprint density at radius 3 is 2.37 bits per heavy atom. The number of halogens is 2. The summed E-state index contributed by atoms with van der Waals surface area (Å²) < 4.78 is 27.4. The molecule has 0 fully saturated rings. The van der Waals surface area contributed by atoms with Crippen LogP contribution < -0.4 is 4.72 Å². The van der Waals surface area contributed by atoms with E-state index in [9.17, 15) is 8.42 Å². The van der Waals surface area contributed by atoms with Crippen molar-refractivity contribution in [1.29, 1.82) is 0 Å². The minimum absolute atomic E-state index is 0.138. The fourth-order valence-electron chi connectivity index (χ4n) is 1.41. The van der Waals surface area contributed by atoms with Gasteiger partial charge in [0.25, 0.3) is 10.0 Å². The normalized spacial score (nSPS) is 11.3. The Hall–Kier alpha value is -1.11. The first-order valence-corrected chi connectivity index (χ1v) is 7.95. The van der Waals surface area contributed by atoms with E-state index in [-0.39, 0.29) is 10.7 Å². The summed E-state index contributed by atoms with van der Waals surface area (Å²) in [5, 5.41) is 0.483. The molecule has 0 unspecified atom stereocenters. The van der Waals surface area contributed by atoms with Gasteiger partial charge in [0.1, 0.15) is 5.82 Å². The monoisotopic (exact) mass is 360 g/mol. The summed E-state index contributed by atoms with van der Waals surface area (Å²) in [5.41, 5.74) is 0.705. The van der Waals surface area contributed by atoms with Crippen LogP contribution in [0.5, 0.6) is 0 Å². The second-order valence-corrected chi connectivity index (χ2v) is 6.80. The molecule has 1 aromatic heterocycles. The Labute approximate surface area is 125 Å². The van der Waals surface area contributed by atoms with Crippen molar-refractivity contribution in [2.75, 3.05) is 4.72 Å². The van der Waals surface area contributed by atoms with Crippen LogP contribution in [0, 0.1) is 6.92 Å². The summed E-state index contributed by atoms with van der Waals surface area (Å²) in [6.07, 6.45) is 0. The molecule has 1 N–H and O–H groups in total. The molecule has 0 saturated carbocycles. The molecule has 100 valence electrons. The minimum atomic E-state index is -3.65. The number of pyridine rings is 1. The molecule has 0 spiro atoms. The Kier molecular flexibility index (Phi) is 4.13. The van der Waals surface area contributed by atoms with Gasteiger partial charge < -0.3 is 0 Å². The molecule has 0 amide bonds. The van der Waals surface area contributed by atoms with Crippen molar-refractivity contribution in [3.63, 3.8) is 0 Å². The van der Waals surface area contributed by atoms with Gasteiger partial charge in [-0.15, -0.1) is 0 Å². The van der Waals surface area contributed by atoms with Crippen molar-refractivity contribution < 1.29 is 8.42 Å². The topological polar surface area (TPSA) is 59.1 Å². The van der Waals surface area contributed by atoms with Crippen LogP contribution in [0.1, 0.15) is 5.69 Å². The van der Waals surface area contributed by atoms with Gasteiger partial charge in [0.15, 0.2) is 0 Å². The lowest BCUT2D eigenvalue weighted by Gasteiger charge is -2.08. The Bertz CT molecular complexity index is 702. The van der Waals surface area contributed by atoms with Crippen molar-refractivity contribution in [3.05, 3.63) is 51.6 Å². The zero-order valence-electron chi connectivity index (χ0n) is 9.89. The van der Waals surface area contributed by atoms with Crippen LogP contribution in [0.2, 0.25) is 5.02 Å². The van der Waals surface area contributed by atoms with E-state index in [1.165, 1.54) is 24.3 Å². The van der Waals surface area contributed by atoms with E-state index in [2.05, 4.69) is 25.6 Å². The number of hydrogen-bond donors (Lipinski definition) is 1. The number of nitrogens with one attached hydrogen (secondary N) is 1. The van der Waals surface area contributed by atoms with E-state index in [0.717, 1.165) is 4.47 Å². The third-order valence-electron chi connectivity index (χ3n) is 2.38. The molecule has 0 radical (unpaired) electrons. The summed E-state index contributed by atoms with van der Waals surface area (Å²) in [6, 6.07) is 9.26. The second kappa shape index (κ2) is 5.48. The number of sulfonamides is 1. The quantitative estimate of drug-likeness (QED) is 0.908. The SMILES string of the molecule is Cc1nc(NS(=O)(=O)c2ccc(Cl)cc2)ccc1Br. The molecule has 2 aromatic rings. The highest BCUT2D eigenvalue weighted by atomic mass is 79.9. The van der Waals surface area contributed by atoms with Crippen LogP contribution in [0.3, 0.4) is 0 Å². The van der Waals surface area contributed by atoms with Gasteiger partial charge >= 0.3 is 0 Å². The van der Waals surface area contributed by atoms with Crippen LogP contribution in [-0.2, 0) is 10.0 Å². The molecule has 1 aromatic carbocycles. The molecule has 2 rings (SSSR count). The lowest BCUT2D eigenvalue weighted by Crippen LogP contribution is -2.14. The van der Waals surface area contributed by atoms with Crippen molar-refractivity contribution in [2.24, 2.45) is 0 Å². The lowest BCUT2D eigenvalue weighted by molar-refractivity contribution is 0.601. The predicted molar refractivity (Wildman–Crippen MR) is 78.9 cm³/mol. The number of aryl methyl sites for hydroxylation is 1. The summed E-state index contributed by atoms with van der Waals surface area (Å²) in [5.74, 6) is 0.274. The van der Waals surface area contributed by atoms with E-state index in [1.807, 2.05) is 0 Å². The maximum absolute atomic E-state index is 12.1. The molecule has 0 bridgehead atoms. The number of benzene rings is 1. The first-order chi connectivity index (χ1) is 8.88. The molecule has 0 saturated heterocycles. The Balaban J connectivity index is 2.30. The maximum Gasteiger partial charge on any atom is 0.263 e. The van der Waals surface area contributed by atoms with Gasteiger partial charge in [-0.1, -0.05) is 11.6 Å². The van der Waals surface area contributed by atoms with E-state index in [1.54, 1.807) is 19.1 Å². The van der Waals surface area contributed by atoms with Crippen LogP contribution >= 0.6 is 27.5 Å². The molecule has 0 aliphatic heterocycles. The fourth-order valence-corrected chi connectivity index (χ4v) is 2.76. The van der Waals surface area contributed by atoms with Gasteiger partial charge in [-0.25, -0.2) is 13.4 Å². The third kappa shape index (κ3) is 3.46. The van der Waals surface area contributed by atoms with E-state index in [0.29, 0.717) is 10.7 Å². The number of rotatable bonds is 3. The molecule has 4 nitrogen and oxygen atoms in total. The molecule has 0 aliphatic rings. The lowest BCUT2D eigenvalue weighted by atomic mass is 10.4. The molecule has 19 heavy (non-hydrogen) atoms. The van der Waals surface area contributed by atoms with Gasteiger partial charge in [-0.2, -0.15) is 0 Å². The third-order valence-corrected chi connectivity index (χ3v) is 4.84. The predicted octanol–water partition coefficient (Wildman–Crippen LogP) is 3.61. The zero-order valence-corrected chi connectivity index (χ0v) is 13.1. The number of aromatic nitrogens is 1. The van der Waals surface area contributed by atoms with Gasteiger partial charge in [0.2, 0.25) is 0 Å². The standard InChI is InChI=1S/C12H10BrClN2O2S/c1-8-11(13)6-7-12(15-8)16-19(17,18)10-4-2-9(14)3-5-10/h2-7H,1H3,(H,15,16). The number of hydrogen-bond acceptors (Lipinski definition) is 3. The van der Waals surface area contributed by atoms with Gasteiger partial charge in [0, 0.05) is 9.50 Å². The fraction of sp³-hybridized carbons (Fsp3) is 0.0833. The first kappa shape index (κ1) is 14.3. The summed E-state index contributed by atoms with van der Waals surface area (Å²) >= 11 is 9.03. The van der Waals surface area contributed by atoms with Crippen LogP contribution in [0.25, 0.3) is 0 Å². The van der Waals surface area contributed by atoms with Gasteiger partial charge in [-0.3, -0.25) is 4.72 Å². The average Bonchev–Trinajstić information content (AvgIpc) is 2.34. The van der Waals surface area contributed by atoms with Crippen molar-refractivity contribution >= 4 is 43.4 Å². The highest BCUT2D eigenvalue weighted by molar-refractivity contribution is 9.10. The van der Waals surface area contributed by atoms with Gasteiger partial charge in [0.05, 0.1) is 10.6 Å². The highest BCUT2D eigenvalue weighted by Crippen LogP contribution is 2.20. The minimum Gasteiger partial charge on any atom is -0.263 e. The summed E-state index contributed by atoms with van der Waals surface area (Å²) in [6.45, 7) is 1.78. The van der Waals surface area contributed by atoms with E-state index >= 15 is 0 Å². The van der Waals surface area contributed by atoms with Crippen LogP contribution in [-0.4, -0.2) is 13.4 Å². The molecular weight excluding hydrogens is 352 g/mol. The first-order valence-electron chi connectivity index (χ1n) is 5.30. The number of nitrogens with zero attached hydrogens (tertiary/aromatic N) is 1. The van der Waals surface area contributed by atoms with E-state index in [4.69, 9.17) is 11.6 Å². The largest absolute Gasteiger partial charge is 0.263 e. The zero-order chi connectivity index (χ0) is 14.0. The van der Waals surface area contributed by atoms with Gasteiger partial charge in [-0.05, 0) is 59.3 Å². The smallest absolute Gasteiger partial charge is 0.263 e. The maximum atomic E-state index is 12.1. The second-order valence-electron chi connectivity index (χ2n) is 3.82. The molecule has 1 heterocycles. The molecule has 7 heteroatoms. The molecule has 0 aliphatic carbocycles. The van der Waals surface area contributed by atoms with E-state index < -0.39 is 10.0 Å². The van der Waals surface area contributed by atoms with Crippen LogP contribution in [0.15, 0.2) is 45.8 Å². The van der Waals surface area contributed by atoms with Crippen LogP contribution in [0.4, 0.5) is 5.82 Å². The molecule has 0 atom stereocenters. The highest BCUT2D eigenvalue weighted by Gasteiger charge is 2.14. The van der Waals surface area contributed by atoms with Crippen molar-refractivity contribution in [3.8, 4) is 0 Å². The molecular formula is C12H10BrClN2O2S. The Morgan fingerprint density at radius 1 is 1.16 bits per heavy atom. The van der Waals surface area contributed by atoms with Crippen molar-refractivity contribution in [2.45, 2.75) is 11.8 Å².